The lowest BCUT2D eigenvalue weighted by Gasteiger charge is -2.08. The van der Waals surface area contributed by atoms with Crippen LogP contribution in [0.5, 0.6) is 0 Å². The van der Waals surface area contributed by atoms with Crippen molar-refractivity contribution < 1.29 is 9.52 Å². The summed E-state index contributed by atoms with van der Waals surface area (Å²) in [6.45, 7) is 2.61. The maximum atomic E-state index is 8.89. The molecule has 2 rings (SSSR count). The minimum absolute atomic E-state index is 0.0582. The minimum atomic E-state index is -0.0582. The predicted molar refractivity (Wildman–Crippen MR) is 70.8 cm³/mol. The molecule has 0 fully saturated rings. The summed E-state index contributed by atoms with van der Waals surface area (Å²) in [4.78, 5) is 0. The lowest BCUT2D eigenvalue weighted by molar-refractivity contribution is 0.244. The molecule has 0 aliphatic rings. The SMILES string of the molecule is Cc1cc(Br)ccc1NCc1ccc(CO)o1. The Morgan fingerprint density at radius 1 is 1.24 bits per heavy atom. The van der Waals surface area contributed by atoms with Gasteiger partial charge in [0.1, 0.15) is 18.1 Å². The quantitative estimate of drug-likeness (QED) is 0.908. The van der Waals surface area contributed by atoms with Crippen molar-refractivity contribution >= 4 is 21.6 Å². The Morgan fingerprint density at radius 2 is 2.00 bits per heavy atom. The lowest BCUT2D eigenvalue weighted by Crippen LogP contribution is -1.99. The van der Waals surface area contributed by atoms with Gasteiger partial charge in [0.05, 0.1) is 6.54 Å². The Hall–Kier alpha value is -1.26. The van der Waals surface area contributed by atoms with E-state index in [1.54, 1.807) is 6.07 Å². The third-order valence-electron chi connectivity index (χ3n) is 2.51. The number of nitrogens with one attached hydrogen (secondary N) is 1. The van der Waals surface area contributed by atoms with Crippen LogP contribution in [-0.4, -0.2) is 5.11 Å². The highest BCUT2D eigenvalue weighted by molar-refractivity contribution is 9.10. The van der Waals surface area contributed by atoms with Gasteiger partial charge in [-0.2, -0.15) is 0 Å². The number of benzene rings is 1. The number of rotatable bonds is 4. The van der Waals surface area contributed by atoms with Crippen molar-refractivity contribution in [2.45, 2.75) is 20.1 Å². The van der Waals surface area contributed by atoms with Crippen LogP contribution in [0.4, 0.5) is 5.69 Å². The van der Waals surface area contributed by atoms with Crippen molar-refractivity contribution in [1.82, 2.24) is 0 Å². The van der Waals surface area contributed by atoms with Crippen LogP contribution in [0.15, 0.2) is 39.2 Å². The van der Waals surface area contributed by atoms with Gasteiger partial charge < -0.3 is 14.8 Å². The summed E-state index contributed by atoms with van der Waals surface area (Å²) in [6.07, 6.45) is 0. The highest BCUT2D eigenvalue weighted by Crippen LogP contribution is 2.21. The molecule has 0 bridgehead atoms. The second-order valence-electron chi connectivity index (χ2n) is 3.84. The first kappa shape index (κ1) is 12.2. The van der Waals surface area contributed by atoms with Crippen LogP contribution in [0, 0.1) is 6.92 Å². The van der Waals surface area contributed by atoms with Crippen molar-refractivity contribution in [3.05, 3.63) is 51.9 Å². The van der Waals surface area contributed by atoms with Gasteiger partial charge in [0.2, 0.25) is 0 Å². The third kappa shape index (κ3) is 3.11. The summed E-state index contributed by atoms with van der Waals surface area (Å²) in [5, 5.41) is 12.2. The molecule has 2 N–H and O–H groups in total. The smallest absolute Gasteiger partial charge is 0.129 e. The standard InChI is InChI=1S/C13H14BrNO2/c1-9-6-10(14)2-5-13(9)15-7-11-3-4-12(8-16)17-11/h2-6,15-16H,7-8H2,1H3. The summed E-state index contributed by atoms with van der Waals surface area (Å²) in [7, 11) is 0. The predicted octanol–water partition coefficient (Wildman–Crippen LogP) is 3.45. The zero-order valence-corrected chi connectivity index (χ0v) is 11.1. The molecule has 0 atom stereocenters. The molecule has 0 saturated carbocycles. The summed E-state index contributed by atoms with van der Waals surface area (Å²) in [5.74, 6) is 1.41. The fourth-order valence-corrected chi connectivity index (χ4v) is 2.09. The van der Waals surface area contributed by atoms with Crippen LogP contribution in [0.2, 0.25) is 0 Å². The molecule has 2 aromatic rings. The summed E-state index contributed by atoms with van der Waals surface area (Å²) >= 11 is 3.43. The van der Waals surface area contributed by atoms with Gasteiger partial charge in [-0.15, -0.1) is 0 Å². The van der Waals surface area contributed by atoms with E-state index in [2.05, 4.69) is 27.3 Å². The number of halogens is 1. The molecule has 0 radical (unpaired) electrons. The molecular weight excluding hydrogens is 282 g/mol. The van der Waals surface area contributed by atoms with Crippen LogP contribution >= 0.6 is 15.9 Å². The Bertz CT molecular complexity index is 508. The topological polar surface area (TPSA) is 45.4 Å². The van der Waals surface area contributed by atoms with E-state index in [0.29, 0.717) is 12.3 Å². The van der Waals surface area contributed by atoms with Crippen molar-refractivity contribution in [1.29, 1.82) is 0 Å². The van der Waals surface area contributed by atoms with E-state index in [-0.39, 0.29) is 6.61 Å². The maximum absolute atomic E-state index is 8.89. The van der Waals surface area contributed by atoms with Gasteiger partial charge in [-0.3, -0.25) is 0 Å². The first-order chi connectivity index (χ1) is 8.19. The first-order valence-electron chi connectivity index (χ1n) is 5.37. The highest BCUT2D eigenvalue weighted by Gasteiger charge is 2.02. The molecule has 1 heterocycles. The van der Waals surface area contributed by atoms with Crippen LogP contribution in [-0.2, 0) is 13.2 Å². The van der Waals surface area contributed by atoms with Gasteiger partial charge in [0.15, 0.2) is 0 Å². The Labute approximate surface area is 109 Å². The Balaban J connectivity index is 2.02. The molecule has 4 heteroatoms. The van der Waals surface area contributed by atoms with E-state index >= 15 is 0 Å². The molecule has 17 heavy (non-hydrogen) atoms. The largest absolute Gasteiger partial charge is 0.462 e. The number of aliphatic hydroxyl groups is 1. The van der Waals surface area contributed by atoms with E-state index in [1.165, 1.54) is 5.56 Å². The maximum Gasteiger partial charge on any atom is 0.129 e. The van der Waals surface area contributed by atoms with Crippen molar-refractivity contribution in [2.24, 2.45) is 0 Å². The van der Waals surface area contributed by atoms with Crippen molar-refractivity contribution in [3.8, 4) is 0 Å². The van der Waals surface area contributed by atoms with E-state index in [1.807, 2.05) is 25.1 Å². The van der Waals surface area contributed by atoms with Gasteiger partial charge in [-0.1, -0.05) is 15.9 Å². The Morgan fingerprint density at radius 3 is 2.65 bits per heavy atom. The molecule has 0 aliphatic carbocycles. The molecule has 0 saturated heterocycles. The van der Waals surface area contributed by atoms with Gasteiger partial charge in [0, 0.05) is 10.2 Å². The minimum Gasteiger partial charge on any atom is -0.462 e. The zero-order chi connectivity index (χ0) is 12.3. The monoisotopic (exact) mass is 295 g/mol. The molecule has 1 aromatic carbocycles. The van der Waals surface area contributed by atoms with Gasteiger partial charge in [0.25, 0.3) is 0 Å². The second-order valence-corrected chi connectivity index (χ2v) is 4.75. The van der Waals surface area contributed by atoms with Crippen molar-refractivity contribution in [2.75, 3.05) is 5.32 Å². The number of furan rings is 1. The molecule has 0 amide bonds. The normalized spacial score (nSPS) is 10.5. The van der Waals surface area contributed by atoms with Gasteiger partial charge >= 0.3 is 0 Å². The Kier molecular flexibility index (Phi) is 3.86. The summed E-state index contributed by atoms with van der Waals surface area (Å²) in [6, 6.07) is 9.73. The number of aryl methyl sites for hydroxylation is 1. The van der Waals surface area contributed by atoms with Crippen LogP contribution in [0.3, 0.4) is 0 Å². The average molecular weight is 296 g/mol. The average Bonchev–Trinajstić information content (AvgIpc) is 2.76. The van der Waals surface area contributed by atoms with Gasteiger partial charge in [-0.05, 0) is 42.8 Å². The summed E-state index contributed by atoms with van der Waals surface area (Å²) < 4.78 is 6.47. The molecule has 1 aromatic heterocycles. The van der Waals surface area contributed by atoms with E-state index in [4.69, 9.17) is 9.52 Å². The van der Waals surface area contributed by atoms with Crippen molar-refractivity contribution in [3.63, 3.8) is 0 Å². The second kappa shape index (κ2) is 5.38. The van der Waals surface area contributed by atoms with Crippen LogP contribution in [0.1, 0.15) is 17.1 Å². The van der Waals surface area contributed by atoms with E-state index in [9.17, 15) is 0 Å². The molecule has 0 aliphatic heterocycles. The number of anilines is 1. The third-order valence-corrected chi connectivity index (χ3v) is 3.01. The number of hydrogen-bond acceptors (Lipinski definition) is 3. The van der Waals surface area contributed by atoms with E-state index in [0.717, 1.165) is 15.9 Å². The summed E-state index contributed by atoms with van der Waals surface area (Å²) in [5.41, 5.74) is 2.25. The number of aliphatic hydroxyl groups excluding tert-OH is 1. The van der Waals surface area contributed by atoms with Crippen LogP contribution in [0.25, 0.3) is 0 Å². The lowest BCUT2D eigenvalue weighted by atomic mass is 10.2. The highest BCUT2D eigenvalue weighted by atomic mass is 79.9. The fraction of sp³-hybridized carbons (Fsp3) is 0.231. The molecule has 90 valence electrons. The zero-order valence-electron chi connectivity index (χ0n) is 9.53. The molecule has 0 unspecified atom stereocenters. The molecular formula is C13H14BrNO2. The van der Waals surface area contributed by atoms with E-state index < -0.39 is 0 Å². The first-order valence-corrected chi connectivity index (χ1v) is 6.17. The van der Waals surface area contributed by atoms with Crippen LogP contribution < -0.4 is 5.32 Å². The fourth-order valence-electron chi connectivity index (χ4n) is 1.61. The number of hydrogen-bond donors (Lipinski definition) is 2. The molecule has 3 nitrogen and oxygen atoms in total. The molecule has 0 spiro atoms. The van der Waals surface area contributed by atoms with Gasteiger partial charge in [-0.25, -0.2) is 0 Å².